The Morgan fingerprint density at radius 3 is 2.76 bits per heavy atom. The van der Waals surface area contributed by atoms with Gasteiger partial charge in [-0.1, -0.05) is 0 Å². The molecule has 10 heteroatoms. The Morgan fingerprint density at radius 2 is 2.00 bits per heavy atom. The summed E-state index contributed by atoms with van der Waals surface area (Å²) in [6, 6.07) is 2.99. The van der Waals surface area contributed by atoms with E-state index in [2.05, 4.69) is 20.6 Å². The number of hydrogen-bond acceptors (Lipinski definition) is 5. The molecule has 1 saturated heterocycles. The molecule has 3 heterocycles. The Kier molecular flexibility index (Phi) is 3.15. The summed E-state index contributed by atoms with van der Waals surface area (Å²) in [6.07, 6.45) is -4.35. The summed E-state index contributed by atoms with van der Waals surface area (Å²) in [5.74, 6) is -0.897. The minimum atomic E-state index is -4.62. The molecule has 2 aromatic heterocycles. The molecule has 2 aromatic rings. The monoisotopic (exact) mass is 300 g/mol. The zero-order valence-corrected chi connectivity index (χ0v) is 10.8. The van der Waals surface area contributed by atoms with E-state index in [1.165, 1.54) is 6.07 Å². The summed E-state index contributed by atoms with van der Waals surface area (Å²) in [6.45, 7) is 1.30. The molecule has 0 bridgehead atoms. The average Bonchev–Trinajstić information content (AvgIpc) is 2.74. The fourth-order valence-corrected chi connectivity index (χ4v) is 2.12. The van der Waals surface area contributed by atoms with Gasteiger partial charge in [-0.2, -0.15) is 17.7 Å². The van der Waals surface area contributed by atoms with Crippen LogP contribution in [0.15, 0.2) is 12.1 Å². The number of nitrogens with one attached hydrogen (secondary N) is 1. The van der Waals surface area contributed by atoms with E-state index in [-0.39, 0.29) is 18.0 Å². The molecule has 0 aliphatic carbocycles. The summed E-state index contributed by atoms with van der Waals surface area (Å²) in [5, 5.41) is 13.2. The van der Waals surface area contributed by atoms with E-state index in [1.54, 1.807) is 11.0 Å². The molecule has 0 saturated carbocycles. The van der Waals surface area contributed by atoms with E-state index in [4.69, 9.17) is 0 Å². The molecule has 3 rings (SSSR count). The van der Waals surface area contributed by atoms with E-state index in [0.717, 1.165) is 0 Å². The highest BCUT2D eigenvalue weighted by Crippen LogP contribution is 2.27. The van der Waals surface area contributed by atoms with Gasteiger partial charge >= 0.3 is 6.18 Å². The van der Waals surface area contributed by atoms with Gasteiger partial charge in [0.1, 0.15) is 5.82 Å². The number of amides is 1. The van der Waals surface area contributed by atoms with Gasteiger partial charge in [0.15, 0.2) is 5.65 Å². The first kappa shape index (κ1) is 13.6. The number of rotatable bonds is 1. The molecule has 0 atom stereocenters. The van der Waals surface area contributed by atoms with Gasteiger partial charge in [-0.25, -0.2) is 0 Å². The van der Waals surface area contributed by atoms with Gasteiger partial charge in [0, 0.05) is 26.1 Å². The van der Waals surface area contributed by atoms with Crippen LogP contribution in [0.25, 0.3) is 5.65 Å². The smallest absolute Gasteiger partial charge is 0.354 e. The lowest BCUT2D eigenvalue weighted by Crippen LogP contribution is -2.29. The maximum absolute atomic E-state index is 12.8. The summed E-state index contributed by atoms with van der Waals surface area (Å²) in [5.41, 5.74) is 0.0232. The predicted molar refractivity (Wildman–Crippen MR) is 65.6 cm³/mol. The number of carbonyl (C=O) groups is 1. The van der Waals surface area contributed by atoms with E-state index >= 15 is 0 Å². The lowest BCUT2D eigenvalue weighted by Gasteiger charge is -2.20. The molecule has 1 fully saturated rings. The Morgan fingerprint density at radius 1 is 1.19 bits per heavy atom. The summed E-state index contributed by atoms with van der Waals surface area (Å²) < 4.78 is 39.1. The van der Waals surface area contributed by atoms with E-state index < -0.39 is 12.0 Å². The second-order valence-corrected chi connectivity index (χ2v) is 4.57. The van der Waals surface area contributed by atoms with Crippen molar-refractivity contribution in [2.24, 2.45) is 0 Å². The molecule has 0 aromatic carbocycles. The summed E-state index contributed by atoms with van der Waals surface area (Å²) >= 11 is 0. The quantitative estimate of drug-likeness (QED) is 0.828. The Bertz CT molecular complexity index is 682. The van der Waals surface area contributed by atoms with Gasteiger partial charge in [-0.05, 0) is 12.1 Å². The second kappa shape index (κ2) is 4.86. The summed E-state index contributed by atoms with van der Waals surface area (Å²) in [4.78, 5) is 13.0. The third kappa shape index (κ3) is 2.60. The maximum atomic E-state index is 12.8. The lowest BCUT2D eigenvalue weighted by molar-refractivity contribution is -0.146. The van der Waals surface area contributed by atoms with Crippen LogP contribution < -0.4 is 10.2 Å². The van der Waals surface area contributed by atoms with Gasteiger partial charge in [-0.3, -0.25) is 4.79 Å². The molecular weight excluding hydrogens is 289 g/mol. The van der Waals surface area contributed by atoms with Crippen LogP contribution in [0.3, 0.4) is 0 Å². The van der Waals surface area contributed by atoms with E-state index in [0.29, 0.717) is 30.0 Å². The van der Waals surface area contributed by atoms with Gasteiger partial charge in [0.25, 0.3) is 5.82 Å². The van der Waals surface area contributed by atoms with Crippen molar-refractivity contribution >= 4 is 17.4 Å². The van der Waals surface area contributed by atoms with Gasteiger partial charge in [0.05, 0.1) is 0 Å². The standard InChI is InChI=1S/C11H11F3N6O/c12-11(13,14)10-17-16-7-1-2-8(18-20(7)10)19-5-3-9(21)15-4-6-19/h1-2H,3-6H2,(H,15,21). The number of hydrogen-bond donors (Lipinski definition) is 1. The maximum Gasteiger partial charge on any atom is 0.453 e. The molecule has 1 amide bonds. The van der Waals surface area contributed by atoms with Crippen molar-refractivity contribution in [2.45, 2.75) is 12.6 Å². The SMILES string of the molecule is O=C1CCN(c2ccc3nnc(C(F)(F)F)n3n2)CCN1. The first-order chi connectivity index (χ1) is 9.95. The van der Waals surface area contributed by atoms with Crippen molar-refractivity contribution in [3.63, 3.8) is 0 Å². The number of nitrogens with zero attached hydrogens (tertiary/aromatic N) is 5. The highest BCUT2D eigenvalue weighted by molar-refractivity contribution is 5.77. The zero-order valence-electron chi connectivity index (χ0n) is 10.8. The number of alkyl halides is 3. The molecule has 1 N–H and O–H groups in total. The molecule has 7 nitrogen and oxygen atoms in total. The van der Waals surface area contributed by atoms with Crippen molar-refractivity contribution in [1.29, 1.82) is 0 Å². The zero-order chi connectivity index (χ0) is 15.0. The van der Waals surface area contributed by atoms with Crippen molar-refractivity contribution in [2.75, 3.05) is 24.5 Å². The van der Waals surface area contributed by atoms with Crippen LogP contribution in [-0.2, 0) is 11.0 Å². The average molecular weight is 300 g/mol. The van der Waals surface area contributed by atoms with E-state index in [9.17, 15) is 18.0 Å². The molecule has 0 radical (unpaired) electrons. The highest BCUT2D eigenvalue weighted by Gasteiger charge is 2.37. The van der Waals surface area contributed by atoms with Crippen LogP contribution in [-0.4, -0.2) is 45.4 Å². The minimum Gasteiger partial charge on any atom is -0.354 e. The fourth-order valence-electron chi connectivity index (χ4n) is 2.12. The van der Waals surface area contributed by atoms with E-state index in [1.807, 2.05) is 0 Å². The van der Waals surface area contributed by atoms with Crippen LogP contribution in [0.2, 0.25) is 0 Å². The first-order valence-electron chi connectivity index (χ1n) is 6.26. The molecule has 112 valence electrons. The Labute approximate surface area is 116 Å². The summed E-state index contributed by atoms with van der Waals surface area (Å²) in [7, 11) is 0. The number of aromatic nitrogens is 4. The minimum absolute atomic E-state index is 0.0232. The molecule has 0 spiro atoms. The Balaban J connectivity index is 1.98. The van der Waals surface area contributed by atoms with Crippen LogP contribution >= 0.6 is 0 Å². The van der Waals surface area contributed by atoms with Crippen molar-refractivity contribution in [3.05, 3.63) is 18.0 Å². The Hall–Kier alpha value is -2.39. The van der Waals surface area contributed by atoms with Crippen LogP contribution in [0.5, 0.6) is 0 Å². The fraction of sp³-hybridized carbons (Fsp3) is 0.455. The predicted octanol–water partition coefficient (Wildman–Crippen LogP) is 0.469. The van der Waals surface area contributed by atoms with Crippen molar-refractivity contribution in [3.8, 4) is 0 Å². The third-order valence-corrected chi connectivity index (χ3v) is 3.14. The number of halogens is 3. The van der Waals surface area contributed by atoms with Crippen LogP contribution in [0.4, 0.5) is 19.0 Å². The third-order valence-electron chi connectivity index (χ3n) is 3.14. The van der Waals surface area contributed by atoms with Crippen LogP contribution in [0, 0.1) is 0 Å². The van der Waals surface area contributed by atoms with Gasteiger partial charge in [-0.15, -0.1) is 15.3 Å². The van der Waals surface area contributed by atoms with Crippen LogP contribution in [0.1, 0.15) is 12.2 Å². The topological polar surface area (TPSA) is 75.4 Å². The van der Waals surface area contributed by atoms with Crippen molar-refractivity contribution < 1.29 is 18.0 Å². The van der Waals surface area contributed by atoms with Gasteiger partial charge < -0.3 is 10.2 Å². The highest BCUT2D eigenvalue weighted by atomic mass is 19.4. The number of carbonyl (C=O) groups excluding carboxylic acids is 1. The lowest BCUT2D eigenvalue weighted by atomic mass is 10.3. The molecule has 1 aliphatic rings. The van der Waals surface area contributed by atoms with Crippen molar-refractivity contribution in [1.82, 2.24) is 25.1 Å². The first-order valence-corrected chi connectivity index (χ1v) is 6.26. The number of fused-ring (bicyclic) bond motifs is 1. The molecule has 1 aliphatic heterocycles. The second-order valence-electron chi connectivity index (χ2n) is 4.57. The van der Waals surface area contributed by atoms with Gasteiger partial charge in [0.2, 0.25) is 5.91 Å². The number of anilines is 1. The largest absolute Gasteiger partial charge is 0.453 e. The normalized spacial score (nSPS) is 16.9. The molecular formula is C11H11F3N6O. The molecule has 21 heavy (non-hydrogen) atoms. The molecule has 0 unspecified atom stereocenters.